The minimum atomic E-state index is -0.265. The summed E-state index contributed by atoms with van der Waals surface area (Å²) in [4.78, 5) is 39.2. The molecule has 7 nitrogen and oxygen atoms in total. The van der Waals surface area contributed by atoms with Crippen LogP contribution < -0.4 is 10.6 Å². The number of likely N-dealkylation sites (N-methyl/N-ethyl adjacent to an activating group) is 1. The monoisotopic (exact) mass is 382 g/mol. The maximum absolute atomic E-state index is 12.3. The van der Waals surface area contributed by atoms with Gasteiger partial charge in [0.2, 0.25) is 11.8 Å². The van der Waals surface area contributed by atoms with Gasteiger partial charge in [-0.3, -0.25) is 14.4 Å². The van der Waals surface area contributed by atoms with Gasteiger partial charge in [-0.1, -0.05) is 23.8 Å². The van der Waals surface area contributed by atoms with Crippen LogP contribution in [0.15, 0.2) is 48.5 Å². The molecule has 0 atom stereocenters. The van der Waals surface area contributed by atoms with Crippen LogP contribution in [0.2, 0.25) is 0 Å². The molecule has 2 aromatic rings. The van der Waals surface area contributed by atoms with E-state index in [4.69, 9.17) is 0 Å². The van der Waals surface area contributed by atoms with Crippen molar-refractivity contribution in [3.8, 4) is 0 Å². The van der Waals surface area contributed by atoms with E-state index in [9.17, 15) is 14.4 Å². The third kappa shape index (κ3) is 6.12. The third-order valence-electron chi connectivity index (χ3n) is 4.10. The van der Waals surface area contributed by atoms with Gasteiger partial charge in [0.15, 0.2) is 0 Å². The van der Waals surface area contributed by atoms with Crippen LogP contribution in [0.25, 0.3) is 0 Å². The van der Waals surface area contributed by atoms with Gasteiger partial charge >= 0.3 is 0 Å². The van der Waals surface area contributed by atoms with E-state index in [0.29, 0.717) is 16.9 Å². The van der Waals surface area contributed by atoms with Gasteiger partial charge in [0.25, 0.3) is 5.91 Å². The van der Waals surface area contributed by atoms with Gasteiger partial charge in [-0.25, -0.2) is 0 Å². The first kappa shape index (κ1) is 21.0. The number of hydrogen-bond acceptors (Lipinski definition) is 4. The molecule has 2 rings (SSSR count). The Hall–Kier alpha value is -3.35. The van der Waals surface area contributed by atoms with Crippen LogP contribution in [-0.2, 0) is 9.59 Å². The van der Waals surface area contributed by atoms with Crippen molar-refractivity contribution < 1.29 is 14.4 Å². The lowest BCUT2D eigenvalue weighted by Gasteiger charge is -2.18. The van der Waals surface area contributed by atoms with E-state index in [1.807, 2.05) is 31.2 Å². The van der Waals surface area contributed by atoms with Crippen LogP contribution in [0, 0.1) is 6.92 Å². The molecule has 0 aromatic heterocycles. The molecule has 0 aliphatic carbocycles. The molecular weight excluding hydrogens is 356 g/mol. The van der Waals surface area contributed by atoms with Crippen molar-refractivity contribution in [3.05, 3.63) is 59.7 Å². The molecule has 2 N–H and O–H groups in total. The zero-order chi connectivity index (χ0) is 20.7. The van der Waals surface area contributed by atoms with Gasteiger partial charge < -0.3 is 20.4 Å². The molecule has 28 heavy (non-hydrogen) atoms. The Balaban J connectivity index is 1.85. The summed E-state index contributed by atoms with van der Waals surface area (Å²) in [5.41, 5.74) is 3.00. The fraction of sp³-hybridized carbons (Fsp3) is 0.286. The highest BCUT2D eigenvalue weighted by molar-refractivity contribution is 5.96. The number of carbonyl (C=O) groups is 3. The third-order valence-corrected chi connectivity index (χ3v) is 4.10. The summed E-state index contributed by atoms with van der Waals surface area (Å²) in [7, 11) is 4.94. The lowest BCUT2D eigenvalue weighted by Crippen LogP contribution is -2.38. The highest BCUT2D eigenvalue weighted by Gasteiger charge is 2.14. The van der Waals surface area contributed by atoms with Crippen LogP contribution in [0.3, 0.4) is 0 Å². The Labute approximate surface area is 165 Å². The van der Waals surface area contributed by atoms with Gasteiger partial charge in [0.05, 0.1) is 13.1 Å². The van der Waals surface area contributed by atoms with E-state index in [2.05, 4.69) is 10.6 Å². The quantitative estimate of drug-likeness (QED) is 0.769. The van der Waals surface area contributed by atoms with E-state index in [0.717, 1.165) is 5.56 Å². The first-order chi connectivity index (χ1) is 13.3. The highest BCUT2D eigenvalue weighted by Crippen LogP contribution is 2.12. The summed E-state index contributed by atoms with van der Waals surface area (Å²) >= 11 is 0. The van der Waals surface area contributed by atoms with Crippen molar-refractivity contribution in [2.24, 2.45) is 0 Å². The Morgan fingerprint density at radius 2 is 1.61 bits per heavy atom. The second kappa shape index (κ2) is 9.55. The van der Waals surface area contributed by atoms with Crippen molar-refractivity contribution in [3.63, 3.8) is 0 Å². The van der Waals surface area contributed by atoms with Gasteiger partial charge in [0, 0.05) is 38.1 Å². The van der Waals surface area contributed by atoms with E-state index < -0.39 is 0 Å². The van der Waals surface area contributed by atoms with Crippen molar-refractivity contribution in [1.82, 2.24) is 9.80 Å². The SMILES string of the molecule is Cc1ccc(NC(=O)CN(C)C(=O)CNc2cccc(C(=O)N(C)C)c2)cc1. The smallest absolute Gasteiger partial charge is 0.253 e. The predicted molar refractivity (Wildman–Crippen MR) is 110 cm³/mol. The Bertz CT molecular complexity index is 847. The molecule has 0 saturated heterocycles. The molecule has 2 aromatic carbocycles. The van der Waals surface area contributed by atoms with E-state index in [1.165, 1.54) is 9.80 Å². The van der Waals surface area contributed by atoms with Crippen LogP contribution in [-0.4, -0.2) is 61.8 Å². The van der Waals surface area contributed by atoms with Gasteiger partial charge in [-0.15, -0.1) is 0 Å². The lowest BCUT2D eigenvalue weighted by molar-refractivity contribution is -0.131. The summed E-state index contributed by atoms with van der Waals surface area (Å²) in [5.74, 6) is -0.610. The van der Waals surface area contributed by atoms with Crippen molar-refractivity contribution in [1.29, 1.82) is 0 Å². The molecule has 0 radical (unpaired) electrons. The Kier molecular flexibility index (Phi) is 7.14. The summed E-state index contributed by atoms with van der Waals surface area (Å²) in [5, 5.41) is 5.76. The van der Waals surface area contributed by atoms with E-state index >= 15 is 0 Å². The topological polar surface area (TPSA) is 81.8 Å². The minimum absolute atomic E-state index is 0.0217. The molecule has 0 bridgehead atoms. The van der Waals surface area contributed by atoms with Crippen molar-refractivity contribution in [2.45, 2.75) is 6.92 Å². The Morgan fingerprint density at radius 1 is 0.929 bits per heavy atom. The number of aryl methyl sites for hydroxylation is 1. The van der Waals surface area contributed by atoms with Gasteiger partial charge in [0.1, 0.15) is 0 Å². The average molecular weight is 382 g/mol. The Morgan fingerprint density at radius 3 is 2.25 bits per heavy atom. The van der Waals surface area contributed by atoms with Crippen LogP contribution in [0.5, 0.6) is 0 Å². The molecule has 148 valence electrons. The molecule has 0 aliphatic heterocycles. The zero-order valence-corrected chi connectivity index (χ0v) is 16.7. The fourth-order valence-corrected chi connectivity index (χ4v) is 2.47. The summed E-state index contributed by atoms with van der Waals surface area (Å²) in [6.45, 7) is 1.94. The van der Waals surface area contributed by atoms with Crippen LogP contribution in [0.4, 0.5) is 11.4 Å². The first-order valence-corrected chi connectivity index (χ1v) is 8.92. The maximum Gasteiger partial charge on any atom is 0.253 e. The second-order valence-corrected chi connectivity index (χ2v) is 6.80. The number of amides is 3. The number of rotatable bonds is 7. The lowest BCUT2D eigenvalue weighted by atomic mass is 10.2. The zero-order valence-electron chi connectivity index (χ0n) is 16.7. The summed E-state index contributed by atoms with van der Waals surface area (Å²) < 4.78 is 0. The first-order valence-electron chi connectivity index (χ1n) is 8.92. The summed E-state index contributed by atoms with van der Waals surface area (Å²) in [6.07, 6.45) is 0. The highest BCUT2D eigenvalue weighted by atomic mass is 16.2. The molecule has 0 aliphatic rings. The number of anilines is 2. The van der Waals surface area contributed by atoms with Crippen LogP contribution in [0.1, 0.15) is 15.9 Å². The van der Waals surface area contributed by atoms with Crippen LogP contribution >= 0.6 is 0 Å². The number of benzene rings is 2. The number of nitrogens with zero attached hydrogens (tertiary/aromatic N) is 2. The molecule has 0 saturated carbocycles. The van der Waals surface area contributed by atoms with Crippen molar-refractivity contribution in [2.75, 3.05) is 44.9 Å². The largest absolute Gasteiger partial charge is 0.376 e. The van der Waals surface area contributed by atoms with E-state index in [-0.39, 0.29) is 30.8 Å². The van der Waals surface area contributed by atoms with Gasteiger partial charge in [-0.2, -0.15) is 0 Å². The fourth-order valence-electron chi connectivity index (χ4n) is 2.47. The number of carbonyl (C=O) groups excluding carboxylic acids is 3. The average Bonchev–Trinajstić information content (AvgIpc) is 2.67. The molecule has 0 unspecified atom stereocenters. The molecule has 0 fully saturated rings. The van der Waals surface area contributed by atoms with Gasteiger partial charge in [-0.05, 0) is 37.3 Å². The van der Waals surface area contributed by atoms with Crippen molar-refractivity contribution >= 4 is 29.1 Å². The molecule has 3 amide bonds. The number of nitrogens with one attached hydrogen (secondary N) is 2. The molecule has 7 heteroatoms. The normalized spacial score (nSPS) is 10.1. The molecular formula is C21H26N4O3. The molecule has 0 spiro atoms. The second-order valence-electron chi connectivity index (χ2n) is 6.80. The number of hydrogen-bond donors (Lipinski definition) is 2. The predicted octanol–water partition coefficient (Wildman–Crippen LogP) is 2.21. The summed E-state index contributed by atoms with van der Waals surface area (Å²) in [6, 6.07) is 14.4. The minimum Gasteiger partial charge on any atom is -0.376 e. The van der Waals surface area contributed by atoms with E-state index in [1.54, 1.807) is 45.4 Å². The standard InChI is InChI=1S/C21H26N4O3/c1-15-8-10-17(11-9-15)23-19(26)14-25(4)20(27)13-22-18-7-5-6-16(12-18)21(28)24(2)3/h5-12,22H,13-14H2,1-4H3,(H,23,26). The molecule has 0 heterocycles. The maximum atomic E-state index is 12.3.